The van der Waals surface area contributed by atoms with E-state index < -0.39 is 35.2 Å². The van der Waals surface area contributed by atoms with Crippen molar-refractivity contribution in [3.8, 4) is 0 Å². The highest BCUT2D eigenvalue weighted by Gasteiger charge is 2.44. The number of benzene rings is 1. The summed E-state index contributed by atoms with van der Waals surface area (Å²) in [7, 11) is 0. The zero-order valence-electron chi connectivity index (χ0n) is 13.9. The average molecular weight is 320 g/mol. The molecule has 3 atom stereocenters. The molecule has 0 radical (unpaired) electrons. The van der Waals surface area contributed by atoms with E-state index in [4.69, 9.17) is 10.5 Å². The SMILES string of the molecule is CC(C)(C)[C@@](C)(N)C(=O)OC1NC(C(=O)O)Cc2ccccc21. The molecule has 2 rings (SSSR count). The molecule has 0 amide bonds. The van der Waals surface area contributed by atoms with E-state index in [2.05, 4.69) is 5.32 Å². The molecular formula is C17H24N2O4. The first-order valence-corrected chi connectivity index (χ1v) is 7.60. The largest absolute Gasteiger partial charge is 0.480 e. The van der Waals surface area contributed by atoms with Crippen LogP contribution in [0.25, 0.3) is 0 Å². The van der Waals surface area contributed by atoms with Crippen molar-refractivity contribution < 1.29 is 19.4 Å². The first-order valence-electron chi connectivity index (χ1n) is 7.60. The molecule has 0 bridgehead atoms. The topological polar surface area (TPSA) is 102 Å². The van der Waals surface area contributed by atoms with Crippen molar-refractivity contribution in [2.45, 2.75) is 51.9 Å². The van der Waals surface area contributed by atoms with Crippen molar-refractivity contribution >= 4 is 11.9 Å². The summed E-state index contributed by atoms with van der Waals surface area (Å²) in [5, 5.41) is 12.1. The van der Waals surface area contributed by atoms with Crippen molar-refractivity contribution in [1.82, 2.24) is 5.32 Å². The van der Waals surface area contributed by atoms with Crippen LogP contribution < -0.4 is 11.1 Å². The van der Waals surface area contributed by atoms with E-state index in [0.717, 1.165) is 11.1 Å². The predicted octanol–water partition coefficient (Wildman–Crippen LogP) is 1.59. The molecule has 0 fully saturated rings. The van der Waals surface area contributed by atoms with Crippen LogP contribution in [0.4, 0.5) is 0 Å². The summed E-state index contributed by atoms with van der Waals surface area (Å²) >= 11 is 0. The number of hydrogen-bond acceptors (Lipinski definition) is 5. The van der Waals surface area contributed by atoms with Crippen molar-refractivity contribution in [3.63, 3.8) is 0 Å². The molecular weight excluding hydrogens is 296 g/mol. The summed E-state index contributed by atoms with van der Waals surface area (Å²) in [4.78, 5) is 23.9. The Balaban J connectivity index is 2.28. The normalized spacial score (nSPS) is 23.5. The Bertz CT molecular complexity index is 619. The number of carbonyl (C=O) groups excluding carboxylic acids is 1. The molecule has 1 aromatic rings. The third-order valence-corrected chi connectivity index (χ3v) is 4.62. The number of esters is 1. The maximum atomic E-state index is 12.5. The Kier molecular flexibility index (Phi) is 4.50. The third kappa shape index (κ3) is 3.38. The number of carboxylic acids is 1. The van der Waals surface area contributed by atoms with Gasteiger partial charge in [-0.1, -0.05) is 45.0 Å². The summed E-state index contributed by atoms with van der Waals surface area (Å²) in [6.45, 7) is 7.20. The molecule has 126 valence electrons. The molecule has 0 spiro atoms. The van der Waals surface area contributed by atoms with Crippen LogP contribution in [0.3, 0.4) is 0 Å². The molecule has 1 aliphatic heterocycles. The zero-order valence-corrected chi connectivity index (χ0v) is 13.9. The van der Waals surface area contributed by atoms with Gasteiger partial charge in [0.2, 0.25) is 0 Å². The predicted molar refractivity (Wildman–Crippen MR) is 85.6 cm³/mol. The minimum Gasteiger partial charge on any atom is -0.480 e. The summed E-state index contributed by atoms with van der Waals surface area (Å²) < 4.78 is 5.55. The van der Waals surface area contributed by atoms with Crippen molar-refractivity contribution in [2.75, 3.05) is 0 Å². The van der Waals surface area contributed by atoms with Gasteiger partial charge in [-0.2, -0.15) is 0 Å². The maximum Gasteiger partial charge on any atom is 0.328 e. The molecule has 4 N–H and O–H groups in total. The van der Waals surface area contributed by atoms with Crippen LogP contribution in [0.15, 0.2) is 24.3 Å². The third-order valence-electron chi connectivity index (χ3n) is 4.62. The van der Waals surface area contributed by atoms with Crippen LogP contribution in [0.2, 0.25) is 0 Å². The molecule has 1 aromatic carbocycles. The number of nitrogens with one attached hydrogen (secondary N) is 1. The van der Waals surface area contributed by atoms with Crippen LogP contribution in [0.1, 0.15) is 45.0 Å². The summed E-state index contributed by atoms with van der Waals surface area (Å²) in [6, 6.07) is 6.53. The lowest BCUT2D eigenvalue weighted by atomic mass is 9.75. The van der Waals surface area contributed by atoms with E-state index >= 15 is 0 Å². The highest BCUT2D eigenvalue weighted by Crippen LogP contribution is 2.32. The standard InChI is InChI=1S/C17H24N2O4/c1-16(2,3)17(4,18)15(22)23-13-11-8-6-5-7-10(11)9-12(19-13)14(20)21/h5-8,12-13,19H,9,18H2,1-4H3,(H,20,21)/t12?,13?,17-/m0/s1. The highest BCUT2D eigenvalue weighted by atomic mass is 16.6. The summed E-state index contributed by atoms with van der Waals surface area (Å²) in [5.41, 5.74) is 6.08. The molecule has 6 heteroatoms. The van der Waals surface area contributed by atoms with Gasteiger partial charge in [-0.05, 0) is 24.3 Å². The first-order chi connectivity index (χ1) is 10.5. The van der Waals surface area contributed by atoms with E-state index in [1.165, 1.54) is 0 Å². The van der Waals surface area contributed by atoms with Gasteiger partial charge < -0.3 is 15.6 Å². The van der Waals surface area contributed by atoms with Gasteiger partial charge in [0.05, 0.1) is 0 Å². The smallest absolute Gasteiger partial charge is 0.328 e. The lowest BCUT2D eigenvalue weighted by Gasteiger charge is -2.38. The molecule has 2 unspecified atom stereocenters. The van der Waals surface area contributed by atoms with E-state index in [1.807, 2.05) is 45.0 Å². The Morgan fingerprint density at radius 1 is 1.26 bits per heavy atom. The second-order valence-electron chi connectivity index (χ2n) is 7.20. The summed E-state index contributed by atoms with van der Waals surface area (Å²) in [5.74, 6) is -1.55. The van der Waals surface area contributed by atoms with Gasteiger partial charge in [0, 0.05) is 5.56 Å². The number of carboxylic acid groups (broad SMARTS) is 1. The molecule has 0 saturated heterocycles. The average Bonchev–Trinajstić information content (AvgIpc) is 2.45. The lowest BCUT2D eigenvalue weighted by Crippen LogP contribution is -2.57. The van der Waals surface area contributed by atoms with Gasteiger partial charge in [0.1, 0.15) is 11.6 Å². The number of carbonyl (C=O) groups is 2. The van der Waals surface area contributed by atoms with Crippen LogP contribution >= 0.6 is 0 Å². The fourth-order valence-electron chi connectivity index (χ4n) is 2.32. The molecule has 6 nitrogen and oxygen atoms in total. The molecule has 0 saturated carbocycles. The second kappa shape index (κ2) is 5.94. The first kappa shape index (κ1) is 17.4. The Morgan fingerprint density at radius 3 is 2.43 bits per heavy atom. The van der Waals surface area contributed by atoms with Gasteiger partial charge in [-0.3, -0.25) is 10.1 Å². The number of ether oxygens (including phenoxy) is 1. The van der Waals surface area contributed by atoms with E-state index in [-0.39, 0.29) is 0 Å². The van der Waals surface area contributed by atoms with Crippen LogP contribution in [0.5, 0.6) is 0 Å². The zero-order chi connectivity index (χ0) is 17.4. The van der Waals surface area contributed by atoms with Gasteiger partial charge in [0.25, 0.3) is 0 Å². The van der Waals surface area contributed by atoms with E-state index in [1.54, 1.807) is 6.92 Å². The molecule has 0 aromatic heterocycles. The number of aliphatic carboxylic acids is 1. The number of hydrogen-bond donors (Lipinski definition) is 3. The quantitative estimate of drug-likeness (QED) is 0.731. The Morgan fingerprint density at radius 2 is 1.87 bits per heavy atom. The molecule has 0 aliphatic carbocycles. The van der Waals surface area contributed by atoms with Gasteiger partial charge in [-0.25, -0.2) is 4.79 Å². The van der Waals surface area contributed by atoms with Crippen molar-refractivity contribution in [1.29, 1.82) is 0 Å². The Labute approximate surface area is 136 Å². The van der Waals surface area contributed by atoms with Gasteiger partial charge >= 0.3 is 11.9 Å². The fraction of sp³-hybridized carbons (Fsp3) is 0.529. The van der Waals surface area contributed by atoms with Crippen LogP contribution in [-0.4, -0.2) is 28.6 Å². The fourth-order valence-corrected chi connectivity index (χ4v) is 2.32. The van der Waals surface area contributed by atoms with E-state index in [9.17, 15) is 14.7 Å². The lowest BCUT2D eigenvalue weighted by molar-refractivity contribution is -0.164. The maximum absolute atomic E-state index is 12.5. The highest BCUT2D eigenvalue weighted by molar-refractivity contribution is 5.81. The molecule has 1 heterocycles. The monoisotopic (exact) mass is 320 g/mol. The van der Waals surface area contributed by atoms with Crippen molar-refractivity contribution in [2.24, 2.45) is 11.1 Å². The van der Waals surface area contributed by atoms with Gasteiger partial charge in [-0.15, -0.1) is 0 Å². The van der Waals surface area contributed by atoms with Gasteiger partial charge in [0.15, 0.2) is 6.23 Å². The molecule has 1 aliphatic rings. The van der Waals surface area contributed by atoms with Crippen LogP contribution in [-0.2, 0) is 20.7 Å². The number of fused-ring (bicyclic) bond motifs is 1. The minimum absolute atomic E-state index is 0.346. The number of nitrogens with two attached hydrogens (primary N) is 1. The van der Waals surface area contributed by atoms with Crippen LogP contribution in [0, 0.1) is 5.41 Å². The summed E-state index contributed by atoms with van der Waals surface area (Å²) in [6.07, 6.45) is -0.475. The minimum atomic E-state index is -1.19. The number of rotatable bonds is 3. The van der Waals surface area contributed by atoms with E-state index in [0.29, 0.717) is 6.42 Å². The van der Waals surface area contributed by atoms with Crippen molar-refractivity contribution in [3.05, 3.63) is 35.4 Å². The molecule has 23 heavy (non-hydrogen) atoms. The second-order valence-corrected chi connectivity index (χ2v) is 7.20. The Hall–Kier alpha value is -1.92.